The molecule has 0 unspecified atom stereocenters. The Morgan fingerprint density at radius 1 is 1.14 bits per heavy atom. The predicted octanol–water partition coefficient (Wildman–Crippen LogP) is 2.90. The van der Waals surface area contributed by atoms with E-state index in [0.717, 1.165) is 11.3 Å². The van der Waals surface area contributed by atoms with Crippen molar-refractivity contribution in [3.05, 3.63) is 81.0 Å². The number of anilines is 1. The Morgan fingerprint density at radius 2 is 1.89 bits per heavy atom. The summed E-state index contributed by atoms with van der Waals surface area (Å²) in [5, 5.41) is 13.9. The normalized spacial score (nSPS) is 19.0. The smallest absolute Gasteiger partial charge is 0.322 e. The van der Waals surface area contributed by atoms with Gasteiger partial charge in [-0.05, 0) is 30.2 Å². The molecule has 28 heavy (non-hydrogen) atoms. The summed E-state index contributed by atoms with van der Waals surface area (Å²) in [4.78, 5) is 39.4. The van der Waals surface area contributed by atoms with Crippen molar-refractivity contribution >= 4 is 23.3 Å². The average Bonchev–Trinajstić information content (AvgIpc) is 3.02. The molecule has 0 aromatic heterocycles. The topological polar surface area (TPSA) is 95.8 Å². The van der Waals surface area contributed by atoms with E-state index in [-0.39, 0.29) is 24.2 Å². The van der Waals surface area contributed by atoms with Crippen LogP contribution in [0.2, 0.25) is 0 Å². The van der Waals surface area contributed by atoms with Crippen molar-refractivity contribution in [2.75, 3.05) is 18.5 Å². The molecule has 1 atom stereocenters. The van der Waals surface area contributed by atoms with Gasteiger partial charge in [0.25, 0.3) is 11.6 Å². The second kappa shape index (κ2) is 6.49. The molecule has 4 rings (SSSR count). The summed E-state index contributed by atoms with van der Waals surface area (Å²) < 4.78 is 0. The number of carbonyl (C=O) groups is 2. The van der Waals surface area contributed by atoms with Crippen molar-refractivity contribution < 1.29 is 14.5 Å². The van der Waals surface area contributed by atoms with Crippen molar-refractivity contribution in [1.82, 2.24) is 10.2 Å². The number of urea groups is 1. The molecule has 2 aromatic carbocycles. The van der Waals surface area contributed by atoms with Gasteiger partial charge in [0.1, 0.15) is 0 Å². The number of nitrogens with one attached hydrogen (secondary N) is 1. The van der Waals surface area contributed by atoms with Gasteiger partial charge in [0.05, 0.1) is 28.8 Å². The highest BCUT2D eigenvalue weighted by molar-refractivity contribution is 6.11. The van der Waals surface area contributed by atoms with E-state index >= 15 is 0 Å². The fourth-order valence-electron chi connectivity index (χ4n) is 3.64. The van der Waals surface area contributed by atoms with Crippen molar-refractivity contribution in [2.24, 2.45) is 0 Å². The van der Waals surface area contributed by atoms with Crippen LogP contribution >= 0.6 is 0 Å². The van der Waals surface area contributed by atoms with Gasteiger partial charge in [0.15, 0.2) is 0 Å². The molecular weight excluding hydrogens is 360 g/mol. The van der Waals surface area contributed by atoms with Crippen molar-refractivity contribution in [3.63, 3.8) is 0 Å². The molecule has 0 radical (unpaired) electrons. The van der Waals surface area contributed by atoms with Crippen LogP contribution in [0.1, 0.15) is 17.2 Å². The summed E-state index contributed by atoms with van der Waals surface area (Å²) in [5.74, 6) is -0.219. The van der Waals surface area contributed by atoms with Gasteiger partial charge >= 0.3 is 6.03 Å². The minimum Gasteiger partial charge on any atom is -0.327 e. The third-order valence-electron chi connectivity index (χ3n) is 5.09. The lowest BCUT2D eigenvalue weighted by atomic mass is 9.95. The lowest BCUT2D eigenvalue weighted by Gasteiger charge is -2.30. The van der Waals surface area contributed by atoms with E-state index in [4.69, 9.17) is 0 Å². The van der Waals surface area contributed by atoms with Crippen LogP contribution in [0.15, 0.2) is 59.8 Å². The van der Waals surface area contributed by atoms with Crippen LogP contribution in [0, 0.1) is 17.0 Å². The number of aryl methyl sites for hydroxylation is 1. The summed E-state index contributed by atoms with van der Waals surface area (Å²) in [6.07, 6.45) is 0. The van der Waals surface area contributed by atoms with Gasteiger partial charge in [-0.15, -0.1) is 0 Å². The number of non-ortho nitro benzene ring substituents is 1. The number of benzene rings is 2. The number of carbonyl (C=O) groups excluding carboxylic acids is 2. The summed E-state index contributed by atoms with van der Waals surface area (Å²) in [7, 11) is 1.61. The molecule has 0 saturated heterocycles. The maximum atomic E-state index is 13.3. The van der Waals surface area contributed by atoms with Crippen molar-refractivity contribution in [1.29, 1.82) is 0 Å². The van der Waals surface area contributed by atoms with Crippen LogP contribution in [0.25, 0.3) is 0 Å². The average molecular weight is 378 g/mol. The van der Waals surface area contributed by atoms with Crippen molar-refractivity contribution in [2.45, 2.75) is 13.0 Å². The lowest BCUT2D eigenvalue weighted by molar-refractivity contribution is -0.384. The largest absolute Gasteiger partial charge is 0.327 e. The zero-order valence-corrected chi connectivity index (χ0v) is 15.4. The number of nitro benzene ring substituents is 1. The van der Waals surface area contributed by atoms with Crippen LogP contribution in [0.3, 0.4) is 0 Å². The molecule has 0 saturated carbocycles. The standard InChI is InChI=1S/C20H18N4O4/c1-12-5-3-7-14(9-12)23-11-16-17(19(23)25)18(21-20(26)22(16)2)13-6-4-8-15(10-13)24(27)28/h3-10,18H,11H2,1-2H3,(H,21,26)/t18-/m0/s1. The molecule has 0 bridgehead atoms. The molecule has 8 nitrogen and oxygen atoms in total. The van der Waals surface area contributed by atoms with E-state index in [2.05, 4.69) is 5.32 Å². The van der Waals surface area contributed by atoms with Gasteiger partial charge in [-0.25, -0.2) is 4.79 Å². The van der Waals surface area contributed by atoms with Gasteiger partial charge in [-0.3, -0.25) is 19.8 Å². The first-order valence-electron chi connectivity index (χ1n) is 8.77. The second-order valence-corrected chi connectivity index (χ2v) is 6.88. The zero-order chi connectivity index (χ0) is 20.0. The van der Waals surface area contributed by atoms with Crippen LogP contribution < -0.4 is 10.2 Å². The van der Waals surface area contributed by atoms with E-state index in [0.29, 0.717) is 16.8 Å². The molecule has 2 aliphatic rings. The lowest BCUT2D eigenvalue weighted by Crippen LogP contribution is -2.45. The molecule has 0 aliphatic carbocycles. The first-order valence-corrected chi connectivity index (χ1v) is 8.77. The highest BCUT2D eigenvalue weighted by atomic mass is 16.6. The maximum Gasteiger partial charge on any atom is 0.322 e. The van der Waals surface area contributed by atoms with E-state index in [1.54, 1.807) is 24.1 Å². The summed E-state index contributed by atoms with van der Waals surface area (Å²) >= 11 is 0. The Kier molecular flexibility index (Phi) is 4.11. The molecule has 2 aromatic rings. The number of hydrogen-bond acceptors (Lipinski definition) is 4. The molecule has 2 aliphatic heterocycles. The Bertz CT molecular complexity index is 1050. The molecule has 2 heterocycles. The molecule has 142 valence electrons. The SMILES string of the molecule is Cc1cccc(N2CC3=C(C2=O)[C@H](c2cccc([N+](=O)[O-])c2)NC(=O)N3C)c1. The number of nitrogens with zero attached hydrogens (tertiary/aromatic N) is 3. The van der Waals surface area contributed by atoms with E-state index in [1.165, 1.54) is 17.0 Å². The number of rotatable bonds is 3. The molecule has 0 fully saturated rings. The van der Waals surface area contributed by atoms with Crippen molar-refractivity contribution in [3.8, 4) is 0 Å². The minimum atomic E-state index is -0.735. The predicted molar refractivity (Wildman–Crippen MR) is 103 cm³/mol. The Labute approximate surface area is 161 Å². The first-order chi connectivity index (χ1) is 13.4. The minimum absolute atomic E-state index is 0.0891. The van der Waals surface area contributed by atoms with E-state index in [9.17, 15) is 19.7 Å². The van der Waals surface area contributed by atoms with E-state index < -0.39 is 11.0 Å². The summed E-state index contributed by atoms with van der Waals surface area (Å²) in [5.41, 5.74) is 3.22. The number of likely N-dealkylation sites (N-methyl/N-ethyl adjacent to an activating group) is 1. The Hall–Kier alpha value is -3.68. The van der Waals surface area contributed by atoms with Gasteiger partial charge in [-0.2, -0.15) is 0 Å². The fourth-order valence-corrected chi connectivity index (χ4v) is 3.64. The van der Waals surface area contributed by atoms with Crippen LogP contribution in [-0.4, -0.2) is 35.4 Å². The molecular formula is C20H18N4O4. The number of hydrogen-bond donors (Lipinski definition) is 1. The maximum absolute atomic E-state index is 13.3. The third kappa shape index (κ3) is 2.79. The molecule has 0 spiro atoms. The van der Waals surface area contributed by atoms with Gasteiger partial charge in [0, 0.05) is 24.9 Å². The number of nitro groups is 1. The first kappa shape index (κ1) is 17.7. The van der Waals surface area contributed by atoms with Crippen LogP contribution in [0.4, 0.5) is 16.2 Å². The molecule has 1 N–H and O–H groups in total. The van der Waals surface area contributed by atoms with E-state index in [1.807, 2.05) is 31.2 Å². The van der Waals surface area contributed by atoms with Gasteiger partial charge < -0.3 is 10.2 Å². The van der Waals surface area contributed by atoms with Gasteiger partial charge in [-0.1, -0.05) is 24.3 Å². The fraction of sp³-hybridized carbons (Fsp3) is 0.200. The Balaban J connectivity index is 1.78. The summed E-state index contributed by atoms with van der Waals surface area (Å²) in [6.45, 7) is 2.22. The summed E-state index contributed by atoms with van der Waals surface area (Å²) in [6, 6.07) is 12.5. The van der Waals surface area contributed by atoms with Crippen LogP contribution in [-0.2, 0) is 4.79 Å². The highest BCUT2D eigenvalue weighted by Crippen LogP contribution is 2.38. The quantitative estimate of drug-likeness (QED) is 0.656. The number of amides is 3. The van der Waals surface area contributed by atoms with Gasteiger partial charge in [0.2, 0.25) is 0 Å². The van der Waals surface area contributed by atoms with Crippen LogP contribution in [0.5, 0.6) is 0 Å². The Morgan fingerprint density at radius 3 is 2.61 bits per heavy atom. The highest BCUT2D eigenvalue weighted by Gasteiger charge is 2.43. The molecule has 3 amide bonds. The molecule has 8 heteroatoms. The second-order valence-electron chi connectivity index (χ2n) is 6.88. The zero-order valence-electron chi connectivity index (χ0n) is 15.4. The third-order valence-corrected chi connectivity index (χ3v) is 5.09. The monoisotopic (exact) mass is 378 g/mol.